The minimum atomic E-state index is -1.31. The van der Waals surface area contributed by atoms with Gasteiger partial charge < -0.3 is 14.3 Å². The molecule has 0 heterocycles. The van der Waals surface area contributed by atoms with Crippen LogP contribution in [0.2, 0.25) is 0 Å². The molecule has 0 amide bonds. The topological polar surface area (TPSA) is 69.7 Å². The molecule has 0 spiro atoms. The molecule has 0 fully saturated rings. The van der Waals surface area contributed by atoms with Gasteiger partial charge in [0.25, 0.3) is 0 Å². The number of ketones is 1. The van der Waals surface area contributed by atoms with Gasteiger partial charge in [0, 0.05) is 6.42 Å². The summed E-state index contributed by atoms with van der Waals surface area (Å²) in [6.45, 7) is 7.28. The zero-order valence-corrected chi connectivity index (χ0v) is 14.4. The standard InChI is InChI=1S/C18H26O5/c1-5-22-16(20)18(17(21)23-6-2)11-13(3)10-15(12-18)9-7-8-14(4)19/h9-10H,5-8,11-12H2,1-4H3/b15-9-. The summed E-state index contributed by atoms with van der Waals surface area (Å²) in [5.74, 6) is -0.966. The summed E-state index contributed by atoms with van der Waals surface area (Å²) < 4.78 is 10.3. The highest BCUT2D eigenvalue weighted by Gasteiger charge is 2.50. The molecule has 0 unspecified atom stereocenters. The molecule has 0 radical (unpaired) electrons. The van der Waals surface area contributed by atoms with Gasteiger partial charge in [-0.2, -0.15) is 0 Å². The van der Waals surface area contributed by atoms with Crippen molar-refractivity contribution in [1.82, 2.24) is 0 Å². The van der Waals surface area contributed by atoms with Gasteiger partial charge in [-0.25, -0.2) is 0 Å². The van der Waals surface area contributed by atoms with Crippen LogP contribution in [0.5, 0.6) is 0 Å². The van der Waals surface area contributed by atoms with Gasteiger partial charge in [-0.15, -0.1) is 0 Å². The molecule has 1 aliphatic rings. The summed E-state index contributed by atoms with van der Waals surface area (Å²) in [7, 11) is 0. The highest BCUT2D eigenvalue weighted by atomic mass is 16.6. The first-order valence-corrected chi connectivity index (χ1v) is 8.05. The Morgan fingerprint density at radius 1 is 1.13 bits per heavy atom. The van der Waals surface area contributed by atoms with Gasteiger partial charge in [0.1, 0.15) is 5.78 Å². The second-order valence-electron chi connectivity index (χ2n) is 5.89. The number of allylic oxidation sites excluding steroid dienone is 4. The van der Waals surface area contributed by atoms with E-state index in [9.17, 15) is 14.4 Å². The van der Waals surface area contributed by atoms with Gasteiger partial charge >= 0.3 is 11.9 Å². The Hall–Kier alpha value is -1.91. The minimum absolute atomic E-state index is 0.111. The van der Waals surface area contributed by atoms with Crippen LogP contribution in [0.3, 0.4) is 0 Å². The normalized spacial score (nSPS) is 18.3. The Kier molecular flexibility index (Phi) is 7.20. The van der Waals surface area contributed by atoms with Crippen molar-refractivity contribution < 1.29 is 23.9 Å². The molecule has 0 N–H and O–H groups in total. The van der Waals surface area contributed by atoms with E-state index in [1.54, 1.807) is 20.8 Å². The van der Waals surface area contributed by atoms with E-state index in [-0.39, 0.29) is 25.4 Å². The van der Waals surface area contributed by atoms with E-state index in [4.69, 9.17) is 9.47 Å². The molecular formula is C18H26O5. The molecule has 0 bridgehead atoms. The molecule has 23 heavy (non-hydrogen) atoms. The van der Waals surface area contributed by atoms with Crippen LogP contribution >= 0.6 is 0 Å². The van der Waals surface area contributed by atoms with Crippen LogP contribution in [-0.2, 0) is 23.9 Å². The van der Waals surface area contributed by atoms with E-state index in [0.717, 1.165) is 11.1 Å². The van der Waals surface area contributed by atoms with Gasteiger partial charge in [-0.3, -0.25) is 9.59 Å². The molecule has 0 saturated heterocycles. The first kappa shape index (κ1) is 19.1. The van der Waals surface area contributed by atoms with Crippen LogP contribution in [0.4, 0.5) is 0 Å². The fourth-order valence-electron chi connectivity index (χ4n) is 2.81. The van der Waals surface area contributed by atoms with Crippen molar-refractivity contribution in [2.24, 2.45) is 5.41 Å². The van der Waals surface area contributed by atoms with Gasteiger partial charge in [-0.05, 0) is 47.0 Å². The summed E-state index contributed by atoms with van der Waals surface area (Å²) in [6.07, 6.45) is 5.47. The third-order valence-electron chi connectivity index (χ3n) is 3.75. The SMILES string of the molecule is CCOC(=O)C1(C(=O)OCC)CC(C)=C/C(=C/CCC(C)=O)C1. The summed E-state index contributed by atoms with van der Waals surface area (Å²) >= 11 is 0. The molecule has 128 valence electrons. The van der Waals surface area contributed by atoms with E-state index in [1.165, 1.54) is 0 Å². The lowest BCUT2D eigenvalue weighted by molar-refractivity contribution is -0.172. The minimum Gasteiger partial charge on any atom is -0.465 e. The molecule has 5 heteroatoms. The third-order valence-corrected chi connectivity index (χ3v) is 3.75. The second kappa shape index (κ2) is 8.65. The second-order valence-corrected chi connectivity index (χ2v) is 5.89. The van der Waals surface area contributed by atoms with Gasteiger partial charge in [0.15, 0.2) is 5.41 Å². The highest BCUT2D eigenvalue weighted by molar-refractivity contribution is 6.01. The van der Waals surface area contributed by atoms with Crippen molar-refractivity contribution in [3.63, 3.8) is 0 Å². The predicted molar refractivity (Wildman–Crippen MR) is 86.7 cm³/mol. The van der Waals surface area contributed by atoms with Crippen LogP contribution in [0.15, 0.2) is 23.3 Å². The number of esters is 2. The zero-order chi connectivity index (χ0) is 17.5. The van der Waals surface area contributed by atoms with E-state index in [0.29, 0.717) is 19.3 Å². The van der Waals surface area contributed by atoms with Crippen LogP contribution in [-0.4, -0.2) is 30.9 Å². The third kappa shape index (κ3) is 5.05. The molecule has 0 aromatic rings. The average molecular weight is 322 g/mol. The highest BCUT2D eigenvalue weighted by Crippen LogP contribution is 2.41. The van der Waals surface area contributed by atoms with Gasteiger partial charge in [0.05, 0.1) is 13.2 Å². The Labute approximate surface area is 137 Å². The molecule has 0 aromatic carbocycles. The maximum absolute atomic E-state index is 12.5. The number of hydrogen-bond donors (Lipinski definition) is 0. The molecule has 1 rings (SSSR count). The van der Waals surface area contributed by atoms with Crippen molar-refractivity contribution >= 4 is 17.7 Å². The number of carbonyl (C=O) groups excluding carboxylic acids is 3. The molecule has 1 aliphatic carbocycles. The first-order valence-electron chi connectivity index (χ1n) is 8.05. The smallest absolute Gasteiger partial charge is 0.324 e. The zero-order valence-electron chi connectivity index (χ0n) is 14.4. The van der Waals surface area contributed by atoms with Crippen LogP contribution in [0.25, 0.3) is 0 Å². The quantitative estimate of drug-likeness (QED) is 0.532. The van der Waals surface area contributed by atoms with Crippen molar-refractivity contribution in [3.8, 4) is 0 Å². The molecule has 5 nitrogen and oxygen atoms in total. The van der Waals surface area contributed by atoms with Crippen molar-refractivity contribution in [2.75, 3.05) is 13.2 Å². The number of Topliss-reactive ketones (excluding diaryl/α,β-unsaturated/α-hetero) is 1. The Balaban J connectivity index is 3.10. The molecule has 0 aliphatic heterocycles. The van der Waals surface area contributed by atoms with Crippen molar-refractivity contribution in [3.05, 3.63) is 23.3 Å². The first-order chi connectivity index (χ1) is 10.9. The van der Waals surface area contributed by atoms with E-state index in [2.05, 4.69) is 0 Å². The largest absolute Gasteiger partial charge is 0.465 e. The summed E-state index contributed by atoms with van der Waals surface area (Å²) in [5, 5.41) is 0. The molecule has 0 atom stereocenters. The number of ether oxygens (including phenoxy) is 2. The number of rotatable bonds is 7. The fourth-order valence-corrected chi connectivity index (χ4v) is 2.81. The van der Waals surface area contributed by atoms with Crippen molar-refractivity contribution in [2.45, 2.75) is 53.4 Å². The number of hydrogen-bond acceptors (Lipinski definition) is 5. The maximum Gasteiger partial charge on any atom is 0.324 e. The Bertz CT molecular complexity index is 510. The van der Waals surface area contributed by atoms with Gasteiger partial charge in [0.2, 0.25) is 0 Å². The number of carbonyl (C=O) groups is 3. The maximum atomic E-state index is 12.5. The summed E-state index contributed by atoms with van der Waals surface area (Å²) in [4.78, 5) is 36.0. The van der Waals surface area contributed by atoms with Gasteiger partial charge in [-0.1, -0.05) is 23.3 Å². The monoisotopic (exact) mass is 322 g/mol. The van der Waals surface area contributed by atoms with Crippen LogP contribution in [0.1, 0.15) is 53.4 Å². The summed E-state index contributed by atoms with van der Waals surface area (Å²) in [6, 6.07) is 0. The lowest BCUT2D eigenvalue weighted by atomic mass is 9.72. The van der Waals surface area contributed by atoms with E-state index >= 15 is 0 Å². The van der Waals surface area contributed by atoms with Crippen LogP contribution < -0.4 is 0 Å². The molecular weight excluding hydrogens is 296 g/mol. The molecule has 0 saturated carbocycles. The lowest BCUT2D eigenvalue weighted by Crippen LogP contribution is -2.44. The predicted octanol–water partition coefficient (Wildman–Crippen LogP) is 3.13. The Morgan fingerprint density at radius 2 is 1.70 bits per heavy atom. The molecule has 0 aromatic heterocycles. The Morgan fingerprint density at radius 3 is 2.17 bits per heavy atom. The van der Waals surface area contributed by atoms with E-state index in [1.807, 2.05) is 19.1 Å². The summed E-state index contributed by atoms with van der Waals surface area (Å²) in [5.41, 5.74) is 0.481. The lowest BCUT2D eigenvalue weighted by Gasteiger charge is -2.33. The van der Waals surface area contributed by atoms with Crippen molar-refractivity contribution in [1.29, 1.82) is 0 Å². The van der Waals surface area contributed by atoms with Crippen LogP contribution in [0, 0.1) is 5.41 Å². The fraction of sp³-hybridized carbons (Fsp3) is 0.611. The average Bonchev–Trinajstić information content (AvgIpc) is 2.46. The van der Waals surface area contributed by atoms with E-state index < -0.39 is 17.4 Å².